The third kappa shape index (κ3) is 2.77. The molecule has 1 saturated heterocycles. The van der Waals surface area contributed by atoms with Crippen molar-refractivity contribution in [3.63, 3.8) is 0 Å². The van der Waals surface area contributed by atoms with E-state index in [4.69, 9.17) is 9.47 Å². The van der Waals surface area contributed by atoms with E-state index in [-0.39, 0.29) is 6.10 Å². The Bertz CT molecular complexity index is 421. The number of hydrogen-bond donors (Lipinski definition) is 1. The van der Waals surface area contributed by atoms with Crippen molar-refractivity contribution in [2.75, 3.05) is 26.8 Å². The average molecular weight is 261 g/mol. The van der Waals surface area contributed by atoms with Crippen molar-refractivity contribution >= 4 is 0 Å². The predicted molar refractivity (Wildman–Crippen MR) is 75.8 cm³/mol. The number of rotatable bonds is 3. The summed E-state index contributed by atoms with van der Waals surface area (Å²) < 4.78 is 11.4. The molecule has 3 heteroatoms. The van der Waals surface area contributed by atoms with Gasteiger partial charge in [-0.3, -0.25) is 0 Å². The molecular weight excluding hydrogens is 238 g/mol. The van der Waals surface area contributed by atoms with Crippen LogP contribution in [0.4, 0.5) is 0 Å². The van der Waals surface area contributed by atoms with Crippen LogP contribution in [-0.2, 0) is 4.74 Å². The zero-order valence-electron chi connectivity index (χ0n) is 11.7. The van der Waals surface area contributed by atoms with Crippen LogP contribution in [0.2, 0.25) is 0 Å². The third-order valence-electron chi connectivity index (χ3n) is 4.35. The molecule has 1 aliphatic heterocycles. The molecule has 1 saturated carbocycles. The van der Waals surface area contributed by atoms with Gasteiger partial charge in [0.1, 0.15) is 5.75 Å². The minimum Gasteiger partial charge on any atom is -0.496 e. The number of hydrogen-bond acceptors (Lipinski definition) is 3. The first-order valence-corrected chi connectivity index (χ1v) is 7.38. The van der Waals surface area contributed by atoms with E-state index in [1.165, 1.54) is 36.8 Å². The lowest BCUT2D eigenvalue weighted by molar-refractivity contribution is 0.0262. The van der Waals surface area contributed by atoms with Gasteiger partial charge in [0.05, 0.1) is 19.8 Å². The topological polar surface area (TPSA) is 30.5 Å². The highest BCUT2D eigenvalue weighted by atomic mass is 16.5. The Kier molecular flexibility index (Phi) is 4.04. The molecule has 2 aliphatic rings. The number of ether oxygens (including phenoxy) is 2. The Morgan fingerprint density at radius 2 is 2.11 bits per heavy atom. The lowest BCUT2D eigenvalue weighted by atomic mass is 9.94. The normalized spacial score (nSPS) is 24.6. The number of methoxy groups -OCH3 is 1. The molecule has 0 spiro atoms. The highest BCUT2D eigenvalue weighted by Gasteiger charge is 2.23. The lowest BCUT2D eigenvalue weighted by Crippen LogP contribution is -2.33. The van der Waals surface area contributed by atoms with Crippen LogP contribution >= 0.6 is 0 Å². The van der Waals surface area contributed by atoms with Crippen LogP contribution in [-0.4, -0.2) is 26.8 Å². The Balaban J connectivity index is 1.87. The smallest absolute Gasteiger partial charge is 0.124 e. The summed E-state index contributed by atoms with van der Waals surface area (Å²) in [5.74, 6) is 1.69. The summed E-state index contributed by atoms with van der Waals surface area (Å²) in [6.07, 6.45) is 5.52. The summed E-state index contributed by atoms with van der Waals surface area (Å²) in [6, 6.07) is 6.65. The van der Waals surface area contributed by atoms with Crippen LogP contribution in [0.3, 0.4) is 0 Å². The monoisotopic (exact) mass is 261 g/mol. The molecule has 1 aromatic rings. The highest BCUT2D eigenvalue weighted by Crippen LogP contribution is 2.38. The fourth-order valence-corrected chi connectivity index (χ4v) is 3.28. The van der Waals surface area contributed by atoms with Crippen molar-refractivity contribution in [3.05, 3.63) is 29.3 Å². The fraction of sp³-hybridized carbons (Fsp3) is 0.625. The van der Waals surface area contributed by atoms with Gasteiger partial charge in [-0.15, -0.1) is 0 Å². The molecule has 19 heavy (non-hydrogen) atoms. The third-order valence-corrected chi connectivity index (χ3v) is 4.35. The van der Waals surface area contributed by atoms with Gasteiger partial charge in [0.15, 0.2) is 0 Å². The van der Waals surface area contributed by atoms with Gasteiger partial charge >= 0.3 is 0 Å². The van der Waals surface area contributed by atoms with Crippen LogP contribution in [0.25, 0.3) is 0 Å². The zero-order chi connectivity index (χ0) is 13.1. The average Bonchev–Trinajstić information content (AvgIpc) is 3.02. The Labute approximate surface area is 115 Å². The second-order valence-corrected chi connectivity index (χ2v) is 5.55. The van der Waals surface area contributed by atoms with Crippen molar-refractivity contribution in [2.24, 2.45) is 0 Å². The van der Waals surface area contributed by atoms with Gasteiger partial charge in [-0.25, -0.2) is 0 Å². The minimum absolute atomic E-state index is 0.130. The molecule has 3 nitrogen and oxygen atoms in total. The van der Waals surface area contributed by atoms with Crippen LogP contribution in [0, 0.1) is 0 Å². The van der Waals surface area contributed by atoms with Crippen molar-refractivity contribution in [3.8, 4) is 5.75 Å². The van der Waals surface area contributed by atoms with Crippen molar-refractivity contribution in [1.82, 2.24) is 5.32 Å². The Morgan fingerprint density at radius 3 is 2.79 bits per heavy atom. The van der Waals surface area contributed by atoms with Crippen molar-refractivity contribution in [2.45, 2.75) is 37.7 Å². The van der Waals surface area contributed by atoms with E-state index in [1.807, 2.05) is 0 Å². The van der Waals surface area contributed by atoms with Crippen LogP contribution < -0.4 is 10.1 Å². The first-order valence-electron chi connectivity index (χ1n) is 7.38. The lowest BCUT2D eigenvalue weighted by Gasteiger charge is -2.26. The van der Waals surface area contributed by atoms with E-state index in [0.717, 1.165) is 31.4 Å². The first-order chi connectivity index (χ1) is 9.38. The maximum Gasteiger partial charge on any atom is 0.124 e. The van der Waals surface area contributed by atoms with Gasteiger partial charge in [0.25, 0.3) is 0 Å². The standard InChI is InChI=1S/C16H23NO2/c1-18-15-7-6-13(12-4-2-3-5-12)10-14(15)16-11-17-8-9-19-16/h6-7,10,12,16-17H,2-5,8-9,11H2,1H3. The summed E-state index contributed by atoms with van der Waals surface area (Å²) in [5.41, 5.74) is 2.67. The van der Waals surface area contributed by atoms with E-state index in [9.17, 15) is 0 Å². The van der Waals surface area contributed by atoms with Gasteiger partial charge in [0.2, 0.25) is 0 Å². The Morgan fingerprint density at radius 1 is 1.26 bits per heavy atom. The van der Waals surface area contributed by atoms with Gasteiger partial charge < -0.3 is 14.8 Å². The molecule has 1 atom stereocenters. The molecule has 1 aliphatic carbocycles. The molecular formula is C16H23NO2. The summed E-state index contributed by atoms with van der Waals surface area (Å²) in [6.45, 7) is 2.60. The molecule has 0 bridgehead atoms. The number of morpholine rings is 1. The molecule has 2 fully saturated rings. The molecule has 1 unspecified atom stereocenters. The predicted octanol–water partition coefficient (Wildman–Crippen LogP) is 3.01. The quantitative estimate of drug-likeness (QED) is 0.907. The minimum atomic E-state index is 0.130. The molecule has 1 N–H and O–H groups in total. The van der Waals surface area contributed by atoms with Gasteiger partial charge in [-0.05, 0) is 36.5 Å². The first kappa shape index (κ1) is 12.9. The van der Waals surface area contributed by atoms with E-state index < -0.39 is 0 Å². The maximum absolute atomic E-state index is 5.88. The summed E-state index contributed by atoms with van der Waals surface area (Å²) in [5, 5.41) is 3.39. The number of nitrogens with one attached hydrogen (secondary N) is 1. The number of benzene rings is 1. The van der Waals surface area contributed by atoms with E-state index >= 15 is 0 Å². The van der Waals surface area contributed by atoms with E-state index in [2.05, 4.69) is 23.5 Å². The molecule has 1 heterocycles. The largest absolute Gasteiger partial charge is 0.496 e. The highest BCUT2D eigenvalue weighted by molar-refractivity contribution is 5.40. The second-order valence-electron chi connectivity index (χ2n) is 5.55. The van der Waals surface area contributed by atoms with Crippen LogP contribution in [0.5, 0.6) is 5.75 Å². The molecule has 3 rings (SSSR count). The van der Waals surface area contributed by atoms with Crippen LogP contribution in [0.1, 0.15) is 48.8 Å². The van der Waals surface area contributed by atoms with Gasteiger partial charge in [-0.2, -0.15) is 0 Å². The summed E-state index contributed by atoms with van der Waals surface area (Å²) >= 11 is 0. The molecule has 104 valence electrons. The molecule has 0 aromatic heterocycles. The molecule has 1 aromatic carbocycles. The van der Waals surface area contributed by atoms with Crippen molar-refractivity contribution in [1.29, 1.82) is 0 Å². The van der Waals surface area contributed by atoms with Gasteiger partial charge in [-0.1, -0.05) is 18.9 Å². The van der Waals surface area contributed by atoms with Gasteiger partial charge in [0, 0.05) is 18.7 Å². The Hall–Kier alpha value is -1.06. The maximum atomic E-state index is 5.88. The second kappa shape index (κ2) is 5.93. The van der Waals surface area contributed by atoms with E-state index in [1.54, 1.807) is 7.11 Å². The SMILES string of the molecule is COc1ccc(C2CCCC2)cc1C1CNCCO1. The summed E-state index contributed by atoms with van der Waals surface area (Å²) in [7, 11) is 1.74. The van der Waals surface area contributed by atoms with Crippen LogP contribution in [0.15, 0.2) is 18.2 Å². The fourth-order valence-electron chi connectivity index (χ4n) is 3.28. The molecule has 0 radical (unpaired) electrons. The zero-order valence-corrected chi connectivity index (χ0v) is 11.7. The summed E-state index contributed by atoms with van der Waals surface area (Å²) in [4.78, 5) is 0. The molecule has 0 amide bonds. The van der Waals surface area contributed by atoms with Crippen molar-refractivity contribution < 1.29 is 9.47 Å². The van der Waals surface area contributed by atoms with E-state index in [0.29, 0.717) is 0 Å².